The van der Waals surface area contributed by atoms with Crippen LogP contribution in [0.3, 0.4) is 0 Å². The number of nitrogens with zero attached hydrogens (tertiary/aromatic N) is 2. The van der Waals surface area contributed by atoms with Crippen molar-refractivity contribution in [3.63, 3.8) is 0 Å². The summed E-state index contributed by atoms with van der Waals surface area (Å²) in [6.07, 6.45) is 8.09. The summed E-state index contributed by atoms with van der Waals surface area (Å²) in [4.78, 5) is 16.0. The average Bonchev–Trinajstić information content (AvgIpc) is 3.55. The van der Waals surface area contributed by atoms with Gasteiger partial charge < -0.3 is 9.97 Å². The Kier molecular flexibility index (Phi) is 5.36. The number of aromatic nitrogens is 4. The average molecular weight is 443 g/mol. The molecule has 5 heterocycles. The van der Waals surface area contributed by atoms with E-state index in [1.807, 2.05) is 78.9 Å². The molecule has 1 aromatic carbocycles. The summed E-state index contributed by atoms with van der Waals surface area (Å²) in [6, 6.07) is 26.2. The fraction of sp³-hybridized carbons (Fsp3) is 0. The summed E-state index contributed by atoms with van der Waals surface area (Å²) in [7, 11) is 0. The van der Waals surface area contributed by atoms with Crippen molar-refractivity contribution in [2.45, 2.75) is 0 Å². The number of rotatable bonds is 0. The van der Waals surface area contributed by atoms with Gasteiger partial charge >= 0.3 is 50.8 Å². The summed E-state index contributed by atoms with van der Waals surface area (Å²) >= 11 is 3.72. The Hall–Kier alpha value is -3.66. The van der Waals surface area contributed by atoms with Gasteiger partial charge in [0.25, 0.3) is 0 Å². The molecule has 3 aromatic heterocycles. The van der Waals surface area contributed by atoms with Crippen molar-refractivity contribution >= 4 is 50.8 Å². The van der Waals surface area contributed by atoms with E-state index < -0.39 is 0 Å². The third-order valence-electron chi connectivity index (χ3n) is 4.77. The van der Waals surface area contributed by atoms with Gasteiger partial charge in [0.1, 0.15) is 0 Å². The number of aromatic amines is 2. The second-order valence-corrected chi connectivity index (χ2v) is 7.82. The van der Waals surface area contributed by atoms with E-state index in [1.165, 1.54) is 0 Å². The van der Waals surface area contributed by atoms with Crippen molar-refractivity contribution in [1.29, 1.82) is 0 Å². The molecule has 2 aliphatic rings. The molecule has 0 aliphatic carbocycles. The number of hydrogen-bond donors (Lipinski definition) is 2. The van der Waals surface area contributed by atoms with Crippen LogP contribution in [-0.4, -0.2) is 19.9 Å². The molecule has 0 spiro atoms. The Morgan fingerprint density at radius 2 is 0.839 bits per heavy atom. The van der Waals surface area contributed by atoms with Crippen LogP contribution in [-0.2, 0) is 16.0 Å². The van der Waals surface area contributed by atoms with Crippen LogP contribution in [0.25, 0.3) is 46.4 Å². The molecule has 0 fully saturated rings. The van der Waals surface area contributed by atoms with E-state index in [2.05, 4.69) is 60.2 Å². The van der Waals surface area contributed by atoms with Gasteiger partial charge in [0.2, 0.25) is 0 Å². The molecular weight excluding hydrogens is 424 g/mol. The number of fused-ring (bicyclic) bond motifs is 8. The fourth-order valence-electron chi connectivity index (χ4n) is 3.35. The van der Waals surface area contributed by atoms with Gasteiger partial charge in [-0.25, -0.2) is 9.97 Å². The number of hydrogen-bond acceptors (Lipinski definition) is 2. The molecule has 8 bridgehead atoms. The van der Waals surface area contributed by atoms with Gasteiger partial charge in [-0.05, 0) is 72.8 Å². The van der Waals surface area contributed by atoms with E-state index in [0.29, 0.717) is 0 Å². The quantitative estimate of drug-likeness (QED) is 0.304. The SMILES string of the molecule is C1=Cc2cc3ccc(cc4nc(cc5ccc(cc1n2)[nH]5)C=C4)[nH]3.[Fe][c]1ccccc1. The van der Waals surface area contributed by atoms with Gasteiger partial charge in [-0.1, -0.05) is 0 Å². The number of benzene rings is 1. The Morgan fingerprint density at radius 1 is 0.484 bits per heavy atom. The molecule has 0 saturated carbocycles. The van der Waals surface area contributed by atoms with Crippen molar-refractivity contribution in [1.82, 2.24) is 19.9 Å². The van der Waals surface area contributed by atoms with E-state index in [1.54, 1.807) is 0 Å². The summed E-state index contributed by atoms with van der Waals surface area (Å²) in [5.41, 5.74) is 7.86. The van der Waals surface area contributed by atoms with E-state index in [0.717, 1.165) is 49.3 Å². The molecule has 0 amide bonds. The molecule has 0 unspecified atom stereocenters. The fourth-order valence-corrected chi connectivity index (χ4v) is 3.57. The molecule has 2 N–H and O–H groups in total. The molecule has 6 rings (SSSR count). The third kappa shape index (κ3) is 4.92. The van der Waals surface area contributed by atoms with Gasteiger partial charge in [0, 0.05) is 22.1 Å². The zero-order chi connectivity index (χ0) is 21.0. The van der Waals surface area contributed by atoms with Crippen molar-refractivity contribution in [3.8, 4) is 0 Å². The molecule has 0 radical (unpaired) electrons. The first-order chi connectivity index (χ1) is 15.2. The Morgan fingerprint density at radius 3 is 1.13 bits per heavy atom. The van der Waals surface area contributed by atoms with Gasteiger partial charge in [0.05, 0.1) is 22.8 Å². The van der Waals surface area contributed by atoms with E-state index in [9.17, 15) is 0 Å². The van der Waals surface area contributed by atoms with Gasteiger partial charge in [-0.15, -0.1) is 0 Å². The zero-order valence-corrected chi connectivity index (χ0v) is 17.7. The van der Waals surface area contributed by atoms with Gasteiger partial charge in [-0.3, -0.25) is 0 Å². The molecule has 4 nitrogen and oxygen atoms in total. The minimum absolute atomic E-state index is 0.939. The monoisotopic (exact) mass is 443 g/mol. The summed E-state index contributed by atoms with van der Waals surface area (Å²) in [5.74, 6) is 0. The van der Waals surface area contributed by atoms with Crippen LogP contribution < -0.4 is 4.46 Å². The molecule has 4 aromatic rings. The second-order valence-electron chi connectivity index (χ2n) is 7.19. The van der Waals surface area contributed by atoms with Gasteiger partial charge in [-0.2, -0.15) is 0 Å². The summed E-state index contributed by atoms with van der Waals surface area (Å²) < 4.78 is 1.07. The predicted molar refractivity (Wildman–Crippen MR) is 125 cm³/mol. The van der Waals surface area contributed by atoms with Crippen molar-refractivity contribution in [2.75, 3.05) is 0 Å². The van der Waals surface area contributed by atoms with Crippen LogP contribution in [0.2, 0.25) is 0 Å². The molecule has 5 heteroatoms. The summed E-state index contributed by atoms with van der Waals surface area (Å²) in [6.45, 7) is 0. The molecular formula is C26H19FeN4. The van der Waals surface area contributed by atoms with Crippen LogP contribution >= 0.6 is 0 Å². The third-order valence-corrected chi connectivity index (χ3v) is 5.13. The molecule has 0 saturated heterocycles. The maximum atomic E-state index is 4.63. The summed E-state index contributed by atoms with van der Waals surface area (Å²) in [5, 5.41) is 0. The van der Waals surface area contributed by atoms with Crippen LogP contribution in [0.5, 0.6) is 0 Å². The standard InChI is InChI=1S/C20H14N4.C6H5.Fe/c1-2-14-10-16-5-6-18(23-16)12-20-8-7-19(24-20)11-17-4-3-15(22-17)9-13(1)21-14;1-2-4-6-5-3-1;/h1-12,21,24H;1-5H;. The molecule has 2 aliphatic heterocycles. The van der Waals surface area contributed by atoms with Crippen LogP contribution in [0.1, 0.15) is 22.8 Å². The number of nitrogens with one attached hydrogen (secondary N) is 2. The normalized spacial score (nSPS) is 11.8. The molecule has 31 heavy (non-hydrogen) atoms. The van der Waals surface area contributed by atoms with Gasteiger partial charge in [0.15, 0.2) is 0 Å². The van der Waals surface area contributed by atoms with Crippen LogP contribution in [0.4, 0.5) is 0 Å². The maximum absolute atomic E-state index is 4.63. The van der Waals surface area contributed by atoms with E-state index >= 15 is 0 Å². The zero-order valence-electron chi connectivity index (χ0n) is 16.6. The number of H-pyrrole nitrogens is 2. The van der Waals surface area contributed by atoms with E-state index in [-0.39, 0.29) is 0 Å². The Bertz CT molecular complexity index is 1270. The van der Waals surface area contributed by atoms with Crippen molar-refractivity contribution in [3.05, 3.63) is 102 Å². The van der Waals surface area contributed by atoms with E-state index in [4.69, 9.17) is 0 Å². The Balaban J connectivity index is 0.000000250. The first-order valence-corrected chi connectivity index (χ1v) is 10.5. The minimum atomic E-state index is 0.939. The van der Waals surface area contributed by atoms with Crippen molar-refractivity contribution < 1.29 is 16.0 Å². The second kappa shape index (κ2) is 8.60. The Labute approximate surface area is 188 Å². The topological polar surface area (TPSA) is 57.4 Å². The first-order valence-electron chi connectivity index (χ1n) is 9.93. The molecule has 0 atom stereocenters. The molecule has 151 valence electrons. The van der Waals surface area contributed by atoms with Crippen LogP contribution in [0, 0.1) is 0 Å². The predicted octanol–water partition coefficient (Wildman–Crippen LogP) is 5.51. The van der Waals surface area contributed by atoms with Crippen LogP contribution in [0.15, 0.2) is 78.9 Å². The van der Waals surface area contributed by atoms with Crippen molar-refractivity contribution in [2.24, 2.45) is 0 Å². The first kappa shape index (κ1) is 19.3.